The van der Waals surface area contributed by atoms with Crippen LogP contribution in [0.15, 0.2) is 22.7 Å². The molecular formula is C14H18BrNO2. The van der Waals surface area contributed by atoms with E-state index >= 15 is 0 Å². The fourth-order valence-electron chi connectivity index (χ4n) is 2.18. The SMILES string of the molecule is COc1ccc(Br)c(C(=O)N2CCC(C)CC2)c1. The van der Waals surface area contributed by atoms with Crippen molar-refractivity contribution >= 4 is 21.8 Å². The number of likely N-dealkylation sites (tertiary alicyclic amines) is 1. The number of hydrogen-bond acceptors (Lipinski definition) is 2. The van der Waals surface area contributed by atoms with E-state index in [1.54, 1.807) is 13.2 Å². The number of carbonyl (C=O) groups is 1. The second-order valence-electron chi connectivity index (χ2n) is 4.82. The average molecular weight is 312 g/mol. The Hall–Kier alpha value is -1.03. The van der Waals surface area contributed by atoms with Gasteiger partial charge in [-0.3, -0.25) is 4.79 Å². The predicted molar refractivity (Wildman–Crippen MR) is 75.0 cm³/mol. The Labute approximate surface area is 116 Å². The normalized spacial score (nSPS) is 16.7. The molecule has 1 aliphatic rings. The van der Waals surface area contributed by atoms with Crippen LogP contribution < -0.4 is 4.74 Å². The summed E-state index contributed by atoms with van der Waals surface area (Å²) in [5.74, 6) is 1.53. The summed E-state index contributed by atoms with van der Waals surface area (Å²) in [6.07, 6.45) is 2.18. The van der Waals surface area contributed by atoms with E-state index in [-0.39, 0.29) is 5.91 Å². The lowest BCUT2D eigenvalue weighted by molar-refractivity contribution is 0.0696. The second kappa shape index (κ2) is 5.74. The molecule has 0 N–H and O–H groups in total. The van der Waals surface area contributed by atoms with Gasteiger partial charge in [-0.25, -0.2) is 0 Å². The zero-order valence-electron chi connectivity index (χ0n) is 10.8. The van der Waals surface area contributed by atoms with E-state index in [0.29, 0.717) is 11.3 Å². The standard InChI is InChI=1S/C14H18BrNO2/c1-10-5-7-16(8-6-10)14(17)12-9-11(18-2)3-4-13(12)15/h3-4,9-10H,5-8H2,1-2H3. The van der Waals surface area contributed by atoms with Crippen LogP contribution in [0, 0.1) is 5.92 Å². The van der Waals surface area contributed by atoms with Crippen molar-refractivity contribution in [3.05, 3.63) is 28.2 Å². The number of halogens is 1. The Balaban J connectivity index is 2.17. The second-order valence-corrected chi connectivity index (χ2v) is 5.67. The molecule has 1 fully saturated rings. The first-order valence-electron chi connectivity index (χ1n) is 6.24. The number of nitrogens with zero attached hydrogens (tertiary/aromatic N) is 1. The first-order chi connectivity index (χ1) is 8.61. The van der Waals surface area contributed by atoms with E-state index in [0.717, 1.165) is 36.3 Å². The molecular weight excluding hydrogens is 294 g/mol. The average Bonchev–Trinajstić information content (AvgIpc) is 2.39. The number of hydrogen-bond donors (Lipinski definition) is 0. The van der Waals surface area contributed by atoms with Gasteiger partial charge in [0, 0.05) is 17.6 Å². The molecule has 0 aromatic heterocycles. The summed E-state index contributed by atoms with van der Waals surface area (Å²) in [6, 6.07) is 5.50. The molecule has 18 heavy (non-hydrogen) atoms. The summed E-state index contributed by atoms with van der Waals surface area (Å²) in [6.45, 7) is 3.94. The molecule has 0 radical (unpaired) electrons. The van der Waals surface area contributed by atoms with Gasteiger partial charge in [0.15, 0.2) is 0 Å². The molecule has 1 aromatic rings. The summed E-state index contributed by atoms with van der Waals surface area (Å²) >= 11 is 3.44. The van der Waals surface area contributed by atoms with Crippen LogP contribution in [-0.4, -0.2) is 31.0 Å². The van der Waals surface area contributed by atoms with Crippen LogP contribution in [0.3, 0.4) is 0 Å². The quantitative estimate of drug-likeness (QED) is 0.838. The maximum absolute atomic E-state index is 12.4. The van der Waals surface area contributed by atoms with Gasteiger partial charge < -0.3 is 9.64 Å². The molecule has 0 unspecified atom stereocenters. The van der Waals surface area contributed by atoms with E-state index in [9.17, 15) is 4.79 Å². The van der Waals surface area contributed by atoms with Gasteiger partial charge in [0.2, 0.25) is 0 Å². The third kappa shape index (κ3) is 2.86. The van der Waals surface area contributed by atoms with Gasteiger partial charge in [0.25, 0.3) is 5.91 Å². The van der Waals surface area contributed by atoms with E-state index < -0.39 is 0 Å². The summed E-state index contributed by atoms with van der Waals surface area (Å²) in [4.78, 5) is 14.4. The number of piperidine rings is 1. The number of rotatable bonds is 2. The van der Waals surface area contributed by atoms with Crippen molar-refractivity contribution in [3.63, 3.8) is 0 Å². The Morgan fingerprint density at radius 1 is 1.39 bits per heavy atom. The molecule has 0 atom stereocenters. The topological polar surface area (TPSA) is 29.5 Å². The summed E-state index contributed by atoms with van der Waals surface area (Å²) < 4.78 is 6.00. The Bertz CT molecular complexity index is 439. The maximum atomic E-state index is 12.4. The molecule has 1 saturated heterocycles. The van der Waals surface area contributed by atoms with Gasteiger partial charge in [-0.05, 0) is 52.9 Å². The summed E-state index contributed by atoms with van der Waals surface area (Å²) in [7, 11) is 1.61. The molecule has 1 heterocycles. The molecule has 0 bridgehead atoms. The van der Waals surface area contributed by atoms with Crippen LogP contribution in [0.25, 0.3) is 0 Å². The van der Waals surface area contributed by atoms with E-state index in [1.165, 1.54) is 0 Å². The highest BCUT2D eigenvalue weighted by Crippen LogP contribution is 2.25. The van der Waals surface area contributed by atoms with Crippen molar-refractivity contribution < 1.29 is 9.53 Å². The molecule has 1 aliphatic heterocycles. The molecule has 2 rings (SSSR count). The number of amides is 1. The third-order valence-electron chi connectivity index (χ3n) is 3.47. The number of methoxy groups -OCH3 is 1. The van der Waals surface area contributed by atoms with Crippen molar-refractivity contribution in [1.82, 2.24) is 4.90 Å². The van der Waals surface area contributed by atoms with Crippen LogP contribution in [-0.2, 0) is 0 Å². The largest absolute Gasteiger partial charge is 0.497 e. The lowest BCUT2D eigenvalue weighted by Crippen LogP contribution is -2.38. The minimum absolute atomic E-state index is 0.0904. The van der Waals surface area contributed by atoms with E-state index in [2.05, 4.69) is 22.9 Å². The van der Waals surface area contributed by atoms with Crippen molar-refractivity contribution in [3.8, 4) is 5.75 Å². The Morgan fingerprint density at radius 2 is 2.06 bits per heavy atom. The number of carbonyl (C=O) groups excluding carboxylic acids is 1. The summed E-state index contributed by atoms with van der Waals surface area (Å²) in [5.41, 5.74) is 0.684. The van der Waals surface area contributed by atoms with Gasteiger partial charge in [-0.1, -0.05) is 6.92 Å². The molecule has 4 heteroatoms. The van der Waals surface area contributed by atoms with Gasteiger partial charge in [-0.15, -0.1) is 0 Å². The predicted octanol–water partition coefficient (Wildman–Crippen LogP) is 3.33. The molecule has 1 amide bonds. The van der Waals surface area contributed by atoms with Gasteiger partial charge in [-0.2, -0.15) is 0 Å². The first kappa shape index (κ1) is 13.4. The molecule has 98 valence electrons. The van der Waals surface area contributed by atoms with Crippen molar-refractivity contribution in [2.24, 2.45) is 5.92 Å². The molecule has 0 saturated carbocycles. The number of benzene rings is 1. The van der Waals surface area contributed by atoms with Crippen LogP contribution >= 0.6 is 15.9 Å². The highest BCUT2D eigenvalue weighted by atomic mass is 79.9. The zero-order valence-corrected chi connectivity index (χ0v) is 12.4. The zero-order chi connectivity index (χ0) is 13.1. The smallest absolute Gasteiger partial charge is 0.255 e. The van der Waals surface area contributed by atoms with E-state index in [4.69, 9.17) is 4.74 Å². The Kier molecular flexibility index (Phi) is 4.27. The van der Waals surface area contributed by atoms with Crippen molar-refractivity contribution in [2.75, 3.05) is 20.2 Å². The molecule has 0 spiro atoms. The fourth-order valence-corrected chi connectivity index (χ4v) is 2.59. The van der Waals surface area contributed by atoms with E-state index in [1.807, 2.05) is 17.0 Å². The minimum atomic E-state index is 0.0904. The van der Waals surface area contributed by atoms with Crippen molar-refractivity contribution in [2.45, 2.75) is 19.8 Å². The minimum Gasteiger partial charge on any atom is -0.497 e. The first-order valence-corrected chi connectivity index (χ1v) is 7.04. The highest BCUT2D eigenvalue weighted by Gasteiger charge is 2.23. The fraction of sp³-hybridized carbons (Fsp3) is 0.500. The summed E-state index contributed by atoms with van der Waals surface area (Å²) in [5, 5.41) is 0. The Morgan fingerprint density at radius 3 is 2.67 bits per heavy atom. The number of ether oxygens (including phenoxy) is 1. The van der Waals surface area contributed by atoms with Crippen LogP contribution in [0.4, 0.5) is 0 Å². The molecule has 0 aliphatic carbocycles. The molecule has 1 aromatic carbocycles. The third-order valence-corrected chi connectivity index (χ3v) is 4.17. The maximum Gasteiger partial charge on any atom is 0.255 e. The van der Waals surface area contributed by atoms with Gasteiger partial charge >= 0.3 is 0 Å². The van der Waals surface area contributed by atoms with Crippen LogP contribution in [0.5, 0.6) is 5.75 Å². The van der Waals surface area contributed by atoms with Crippen LogP contribution in [0.1, 0.15) is 30.1 Å². The van der Waals surface area contributed by atoms with Crippen molar-refractivity contribution in [1.29, 1.82) is 0 Å². The lowest BCUT2D eigenvalue weighted by Gasteiger charge is -2.30. The lowest BCUT2D eigenvalue weighted by atomic mass is 9.98. The van der Waals surface area contributed by atoms with Gasteiger partial charge in [0.1, 0.15) is 5.75 Å². The van der Waals surface area contributed by atoms with Gasteiger partial charge in [0.05, 0.1) is 12.7 Å². The molecule has 3 nitrogen and oxygen atoms in total. The monoisotopic (exact) mass is 311 g/mol. The highest BCUT2D eigenvalue weighted by molar-refractivity contribution is 9.10. The van der Waals surface area contributed by atoms with Crippen LogP contribution in [0.2, 0.25) is 0 Å².